The second-order valence-electron chi connectivity index (χ2n) is 6.18. The van der Waals surface area contributed by atoms with Gasteiger partial charge in [0.1, 0.15) is 11.9 Å². The van der Waals surface area contributed by atoms with Gasteiger partial charge in [-0.15, -0.1) is 0 Å². The van der Waals surface area contributed by atoms with E-state index in [1.165, 1.54) is 0 Å². The zero-order valence-corrected chi connectivity index (χ0v) is 17.3. The molecule has 0 spiro atoms. The van der Waals surface area contributed by atoms with Crippen molar-refractivity contribution in [3.8, 4) is 6.07 Å². The predicted molar refractivity (Wildman–Crippen MR) is 113 cm³/mol. The van der Waals surface area contributed by atoms with Crippen molar-refractivity contribution in [3.63, 3.8) is 0 Å². The maximum atomic E-state index is 12.6. The Balaban J connectivity index is 1.93. The van der Waals surface area contributed by atoms with E-state index in [1.54, 1.807) is 19.2 Å². The molecule has 1 aliphatic rings. The number of carbonyl (C=O) groups excluding carboxylic acids is 1. The molecule has 1 aliphatic heterocycles. The lowest BCUT2D eigenvalue weighted by Gasteiger charge is -2.37. The summed E-state index contributed by atoms with van der Waals surface area (Å²) >= 11 is 3.42. The number of likely N-dealkylation sites (N-methyl/N-ethyl adjacent to an activating group) is 1. The molecule has 0 N–H and O–H groups in total. The summed E-state index contributed by atoms with van der Waals surface area (Å²) in [6, 6.07) is 10.0. The first-order chi connectivity index (χ1) is 13.0. The number of allylic oxidation sites excluding steroid dienone is 2. The number of amides is 1. The Bertz CT molecular complexity index is 771. The van der Waals surface area contributed by atoms with Crippen LogP contribution in [0.15, 0.2) is 58.0 Å². The van der Waals surface area contributed by atoms with Crippen LogP contribution in [-0.2, 0) is 4.79 Å². The first-order valence-corrected chi connectivity index (χ1v) is 9.48. The van der Waals surface area contributed by atoms with Crippen molar-refractivity contribution < 1.29 is 4.79 Å². The van der Waals surface area contributed by atoms with Gasteiger partial charge in [-0.1, -0.05) is 28.6 Å². The van der Waals surface area contributed by atoms with Gasteiger partial charge in [-0.2, -0.15) is 5.26 Å². The minimum atomic E-state index is 0.0946. The first-order valence-electron chi connectivity index (χ1n) is 8.69. The molecule has 142 valence electrons. The normalized spacial score (nSPS) is 15.3. The highest BCUT2D eigenvalue weighted by Gasteiger charge is 2.25. The minimum Gasteiger partial charge on any atom is -0.365 e. The summed E-state index contributed by atoms with van der Waals surface area (Å²) in [5.74, 6) is 0.744. The van der Waals surface area contributed by atoms with Crippen molar-refractivity contribution >= 4 is 33.4 Å². The second-order valence-corrected chi connectivity index (χ2v) is 7.09. The summed E-state index contributed by atoms with van der Waals surface area (Å²) < 4.78 is 1.01. The van der Waals surface area contributed by atoms with Crippen LogP contribution in [0.3, 0.4) is 0 Å². The zero-order chi connectivity index (χ0) is 19.8. The third-order valence-corrected chi connectivity index (χ3v) is 4.96. The highest BCUT2D eigenvalue weighted by atomic mass is 79.9. The van der Waals surface area contributed by atoms with E-state index < -0.39 is 0 Å². The molecule has 27 heavy (non-hydrogen) atoms. The summed E-state index contributed by atoms with van der Waals surface area (Å²) in [4.78, 5) is 22.7. The highest BCUT2D eigenvalue weighted by molar-refractivity contribution is 9.10. The van der Waals surface area contributed by atoms with Crippen LogP contribution < -0.4 is 4.90 Å². The molecule has 2 rings (SSSR count). The molecule has 1 heterocycles. The fourth-order valence-electron chi connectivity index (χ4n) is 2.97. The number of benzene rings is 1. The number of amidine groups is 1. The molecule has 0 aromatic heterocycles. The number of rotatable bonds is 5. The van der Waals surface area contributed by atoms with Crippen LogP contribution in [-0.4, -0.2) is 68.4 Å². The van der Waals surface area contributed by atoms with E-state index in [0.29, 0.717) is 44.1 Å². The summed E-state index contributed by atoms with van der Waals surface area (Å²) in [7, 11) is 3.59. The summed E-state index contributed by atoms with van der Waals surface area (Å²) in [6.45, 7) is 6.49. The van der Waals surface area contributed by atoms with Crippen LogP contribution in [0.25, 0.3) is 0 Å². The largest absolute Gasteiger partial charge is 0.365 e. The average molecular weight is 430 g/mol. The molecule has 0 bridgehead atoms. The maximum absolute atomic E-state index is 12.6. The van der Waals surface area contributed by atoms with Gasteiger partial charge >= 0.3 is 0 Å². The number of nitriles is 1. The van der Waals surface area contributed by atoms with Crippen molar-refractivity contribution in [2.45, 2.75) is 0 Å². The van der Waals surface area contributed by atoms with Crippen molar-refractivity contribution in [3.05, 3.63) is 53.0 Å². The van der Waals surface area contributed by atoms with Gasteiger partial charge in [-0.05, 0) is 30.3 Å². The fraction of sp³-hybridized carbons (Fsp3) is 0.350. The highest BCUT2D eigenvalue weighted by Crippen LogP contribution is 2.17. The number of hydrogen-bond acceptors (Lipinski definition) is 4. The predicted octanol–water partition coefficient (Wildman–Crippen LogP) is 2.69. The lowest BCUT2D eigenvalue weighted by atomic mass is 10.2. The lowest BCUT2D eigenvalue weighted by molar-refractivity contribution is -0.130. The molecular weight excluding hydrogens is 406 g/mol. The quantitative estimate of drug-likeness (QED) is 0.312. The Kier molecular flexibility index (Phi) is 7.62. The Labute approximate surface area is 169 Å². The van der Waals surface area contributed by atoms with E-state index in [-0.39, 0.29) is 5.91 Å². The average Bonchev–Trinajstić information content (AvgIpc) is 2.68. The zero-order valence-electron chi connectivity index (χ0n) is 15.7. The van der Waals surface area contributed by atoms with Crippen LogP contribution in [0.4, 0.5) is 5.69 Å². The number of hydrogen-bond donors (Lipinski definition) is 0. The molecule has 0 radical (unpaired) electrons. The maximum Gasteiger partial charge on any atom is 0.242 e. The van der Waals surface area contributed by atoms with E-state index in [2.05, 4.69) is 33.6 Å². The van der Waals surface area contributed by atoms with Crippen molar-refractivity contribution in [2.75, 3.05) is 51.7 Å². The van der Waals surface area contributed by atoms with E-state index in [0.717, 1.165) is 10.2 Å². The van der Waals surface area contributed by atoms with Gasteiger partial charge in [0.15, 0.2) is 0 Å². The lowest BCUT2D eigenvalue weighted by Crippen LogP contribution is -2.52. The topological polar surface area (TPSA) is 62.9 Å². The third-order valence-electron chi connectivity index (χ3n) is 4.43. The van der Waals surface area contributed by atoms with Crippen molar-refractivity contribution in [1.29, 1.82) is 5.26 Å². The number of carbonyl (C=O) groups is 1. The van der Waals surface area contributed by atoms with E-state index in [1.807, 2.05) is 46.0 Å². The van der Waals surface area contributed by atoms with Gasteiger partial charge in [-0.25, -0.2) is 0 Å². The Hall–Kier alpha value is -2.59. The minimum absolute atomic E-state index is 0.0946. The van der Waals surface area contributed by atoms with Crippen LogP contribution in [0.1, 0.15) is 0 Å². The molecular formula is C20H24BrN5O. The molecule has 0 unspecified atom stereocenters. The fourth-order valence-corrected chi connectivity index (χ4v) is 3.23. The smallest absolute Gasteiger partial charge is 0.242 e. The van der Waals surface area contributed by atoms with Crippen LogP contribution in [0, 0.1) is 11.3 Å². The molecule has 1 aromatic rings. The molecule has 1 amide bonds. The summed E-state index contributed by atoms with van der Waals surface area (Å²) in [5, 5.41) is 9.31. The van der Waals surface area contributed by atoms with Crippen molar-refractivity contribution in [1.82, 2.24) is 9.80 Å². The summed E-state index contributed by atoms with van der Waals surface area (Å²) in [6.07, 6.45) is 3.24. The number of nitrogens with zero attached hydrogens (tertiary/aromatic N) is 5. The van der Waals surface area contributed by atoms with Gasteiger partial charge in [-0.3, -0.25) is 9.79 Å². The third kappa shape index (κ3) is 5.44. The Morgan fingerprint density at radius 1 is 1.30 bits per heavy atom. The molecule has 1 fully saturated rings. The molecule has 6 nitrogen and oxygen atoms in total. The molecule has 0 saturated carbocycles. The van der Waals surface area contributed by atoms with Gasteiger partial charge in [0, 0.05) is 50.4 Å². The Morgan fingerprint density at radius 2 is 1.89 bits per heavy atom. The molecule has 7 heteroatoms. The second kappa shape index (κ2) is 9.93. The molecule has 0 aliphatic carbocycles. The van der Waals surface area contributed by atoms with E-state index in [4.69, 9.17) is 0 Å². The van der Waals surface area contributed by atoms with Crippen LogP contribution in [0.2, 0.25) is 0 Å². The van der Waals surface area contributed by atoms with Gasteiger partial charge < -0.3 is 14.7 Å². The van der Waals surface area contributed by atoms with Gasteiger partial charge in [0.05, 0.1) is 12.1 Å². The number of halogens is 1. The van der Waals surface area contributed by atoms with Crippen molar-refractivity contribution in [2.24, 2.45) is 4.99 Å². The standard InChI is InChI=1S/C20H24BrN5O/c1-4-5-16(14-22)20(23-2)26-12-10-25(11-13-26)19(27)15-24(3)18-8-6-17(21)7-9-18/h4-9H,1,10-13,15H2,2-3H3/b16-5-,23-20?. The summed E-state index contributed by atoms with van der Waals surface area (Å²) in [5.41, 5.74) is 1.49. The van der Waals surface area contributed by atoms with Gasteiger partial charge in [0.25, 0.3) is 0 Å². The Morgan fingerprint density at radius 3 is 2.41 bits per heavy atom. The van der Waals surface area contributed by atoms with Crippen LogP contribution in [0.5, 0.6) is 0 Å². The SMILES string of the molecule is C=C/C=C(/C#N)C(=NC)N1CCN(C(=O)CN(C)c2ccc(Br)cc2)CC1. The number of aliphatic imine (C=N–C) groups is 1. The van der Waals surface area contributed by atoms with Crippen LogP contribution >= 0.6 is 15.9 Å². The number of piperazine rings is 1. The first kappa shape index (κ1) is 20.7. The number of anilines is 1. The monoisotopic (exact) mass is 429 g/mol. The van der Waals surface area contributed by atoms with E-state index >= 15 is 0 Å². The van der Waals surface area contributed by atoms with E-state index in [9.17, 15) is 10.1 Å². The molecule has 1 aromatic carbocycles. The molecule has 1 saturated heterocycles. The molecule has 0 atom stereocenters. The van der Waals surface area contributed by atoms with Gasteiger partial charge in [0.2, 0.25) is 5.91 Å².